The second-order valence-corrected chi connectivity index (χ2v) is 9.56. The highest BCUT2D eigenvalue weighted by Crippen LogP contribution is 2.33. The largest absolute Gasteiger partial charge is 0.451 e. The third-order valence-electron chi connectivity index (χ3n) is 5.06. The molecule has 0 aliphatic rings. The van der Waals surface area contributed by atoms with Gasteiger partial charge >= 0.3 is 6.18 Å². The highest BCUT2D eigenvalue weighted by molar-refractivity contribution is 7.91. The Morgan fingerprint density at radius 2 is 1.59 bits per heavy atom. The maximum atomic E-state index is 13.4. The fourth-order valence-corrected chi connectivity index (χ4v) is 4.19. The van der Waals surface area contributed by atoms with Crippen molar-refractivity contribution in [2.75, 3.05) is 11.6 Å². The van der Waals surface area contributed by atoms with Crippen LogP contribution < -0.4 is 5.32 Å². The normalized spacial score (nSPS) is 13.1. The van der Waals surface area contributed by atoms with Crippen LogP contribution in [0.3, 0.4) is 0 Å². The molecule has 4 rings (SSSR count). The van der Waals surface area contributed by atoms with Crippen molar-refractivity contribution in [3.63, 3.8) is 0 Å². The first-order valence-corrected chi connectivity index (χ1v) is 11.7. The first-order valence-electron chi connectivity index (χ1n) is 9.84. The summed E-state index contributed by atoms with van der Waals surface area (Å²) in [5.41, 5.74) is 1.60. The lowest BCUT2D eigenvalue weighted by atomic mass is 10.0. The predicted molar refractivity (Wildman–Crippen MR) is 117 cm³/mol. The van der Waals surface area contributed by atoms with E-state index in [-0.39, 0.29) is 16.2 Å². The molecule has 2 aromatic carbocycles. The molecule has 2 aromatic heterocycles. The van der Waals surface area contributed by atoms with Gasteiger partial charge in [-0.2, -0.15) is 13.2 Å². The molecule has 1 atom stereocenters. The smallest absolute Gasteiger partial charge is 0.363 e. The fourth-order valence-electron chi connectivity index (χ4n) is 3.34. The minimum Gasteiger partial charge on any atom is -0.363 e. The molecule has 0 bridgehead atoms. The average Bonchev–Trinajstić information content (AvgIpc) is 2.78. The Kier molecular flexibility index (Phi) is 5.94. The van der Waals surface area contributed by atoms with E-state index in [1.165, 1.54) is 36.7 Å². The predicted octanol–water partition coefficient (Wildman–Crippen LogP) is 4.82. The van der Waals surface area contributed by atoms with Gasteiger partial charge in [-0.15, -0.1) is 0 Å². The molecular weight excluding hydrogens is 474 g/mol. The molecule has 1 N–H and O–H groups in total. The molecule has 0 amide bonds. The van der Waals surface area contributed by atoms with Gasteiger partial charge in [0.2, 0.25) is 5.82 Å². The molecule has 2 heterocycles. The Hall–Kier alpha value is -3.67. The summed E-state index contributed by atoms with van der Waals surface area (Å²) in [6.45, 7) is 1.67. The van der Waals surface area contributed by atoms with Gasteiger partial charge in [0.05, 0.1) is 16.5 Å². The van der Waals surface area contributed by atoms with E-state index in [2.05, 4.69) is 25.3 Å². The van der Waals surface area contributed by atoms with Gasteiger partial charge in [-0.3, -0.25) is 0 Å². The first kappa shape index (κ1) is 23.5. The molecule has 0 aliphatic heterocycles. The third kappa shape index (κ3) is 4.81. The quantitative estimate of drug-likeness (QED) is 0.400. The molecule has 0 radical (unpaired) electrons. The summed E-state index contributed by atoms with van der Waals surface area (Å²) in [4.78, 5) is 15.0. The van der Waals surface area contributed by atoms with Crippen LogP contribution >= 0.6 is 0 Å². The van der Waals surface area contributed by atoms with Crippen LogP contribution in [-0.2, 0) is 16.0 Å². The highest BCUT2D eigenvalue weighted by Gasteiger charge is 2.34. The molecule has 7 nitrogen and oxygen atoms in total. The van der Waals surface area contributed by atoms with Crippen molar-refractivity contribution in [3.05, 3.63) is 72.3 Å². The SMILES string of the molecule is C[C@@H](Nc1ncnc2c(S(C)(=O)=O)cc(-c3ccc(F)cc3)cc12)c1cnc(C(F)(F)F)nc1. The lowest BCUT2D eigenvalue weighted by molar-refractivity contribution is -0.145. The summed E-state index contributed by atoms with van der Waals surface area (Å²) in [6, 6.07) is 8.09. The maximum Gasteiger partial charge on any atom is 0.451 e. The zero-order chi connectivity index (χ0) is 24.7. The number of aromatic nitrogens is 4. The van der Waals surface area contributed by atoms with Crippen molar-refractivity contribution in [2.45, 2.75) is 24.0 Å². The monoisotopic (exact) mass is 491 g/mol. The molecule has 34 heavy (non-hydrogen) atoms. The van der Waals surface area contributed by atoms with E-state index in [0.29, 0.717) is 22.1 Å². The maximum absolute atomic E-state index is 13.4. The number of hydrogen-bond acceptors (Lipinski definition) is 7. The molecule has 0 saturated carbocycles. The van der Waals surface area contributed by atoms with E-state index >= 15 is 0 Å². The topological polar surface area (TPSA) is 97.7 Å². The zero-order valence-electron chi connectivity index (χ0n) is 17.8. The Bertz CT molecular complexity index is 1460. The number of alkyl halides is 3. The van der Waals surface area contributed by atoms with Gasteiger partial charge in [0.15, 0.2) is 9.84 Å². The van der Waals surface area contributed by atoms with Gasteiger partial charge in [-0.25, -0.2) is 32.7 Å². The highest BCUT2D eigenvalue weighted by atomic mass is 32.2. The number of hydrogen-bond donors (Lipinski definition) is 1. The lowest BCUT2D eigenvalue weighted by Gasteiger charge is -2.17. The molecule has 0 fully saturated rings. The van der Waals surface area contributed by atoms with Crippen LogP contribution in [0.4, 0.5) is 23.4 Å². The molecule has 0 aliphatic carbocycles. The van der Waals surface area contributed by atoms with E-state index in [1.807, 2.05) is 0 Å². The van der Waals surface area contributed by atoms with E-state index in [4.69, 9.17) is 0 Å². The fraction of sp³-hybridized carbons (Fsp3) is 0.182. The van der Waals surface area contributed by atoms with Gasteiger partial charge in [-0.05, 0) is 42.3 Å². The number of nitrogens with zero attached hydrogens (tertiary/aromatic N) is 4. The molecule has 0 saturated heterocycles. The van der Waals surface area contributed by atoms with Crippen LogP contribution in [0.25, 0.3) is 22.0 Å². The standard InChI is InChI=1S/C22H17F4N5O2S/c1-12(15-9-27-21(28-10-15)22(24,25)26)31-20-17-7-14(13-3-5-16(23)6-4-13)8-18(34(2,32)33)19(17)29-11-30-20/h3-12H,1-2H3,(H,29,30,31)/t12-/m1/s1. The molecule has 0 spiro atoms. The summed E-state index contributed by atoms with van der Waals surface area (Å²) in [5, 5.41) is 3.42. The van der Waals surface area contributed by atoms with Gasteiger partial charge < -0.3 is 5.32 Å². The van der Waals surface area contributed by atoms with Crippen molar-refractivity contribution in [3.8, 4) is 11.1 Å². The van der Waals surface area contributed by atoms with Crippen molar-refractivity contribution in [1.82, 2.24) is 19.9 Å². The molecule has 12 heteroatoms. The Balaban J connectivity index is 1.80. The number of benzene rings is 2. The first-order chi connectivity index (χ1) is 15.9. The summed E-state index contributed by atoms with van der Waals surface area (Å²) in [7, 11) is -3.70. The number of anilines is 1. The Labute approximate surface area is 191 Å². The summed E-state index contributed by atoms with van der Waals surface area (Å²) < 4.78 is 76.6. The summed E-state index contributed by atoms with van der Waals surface area (Å²) in [5.74, 6) is -1.44. The minimum absolute atomic E-state index is 0.0414. The number of nitrogens with one attached hydrogen (secondary N) is 1. The third-order valence-corrected chi connectivity index (χ3v) is 6.17. The number of sulfone groups is 1. The number of halogens is 4. The molecular formula is C22H17F4N5O2S. The van der Waals surface area contributed by atoms with E-state index in [9.17, 15) is 26.0 Å². The van der Waals surface area contributed by atoms with Crippen LogP contribution in [0, 0.1) is 5.82 Å². The van der Waals surface area contributed by atoms with Gasteiger partial charge in [0.1, 0.15) is 18.0 Å². The second kappa shape index (κ2) is 8.60. The number of fused-ring (bicyclic) bond motifs is 1. The van der Waals surface area contributed by atoms with Crippen LogP contribution in [0.2, 0.25) is 0 Å². The van der Waals surface area contributed by atoms with Crippen molar-refractivity contribution in [2.24, 2.45) is 0 Å². The average molecular weight is 491 g/mol. The molecule has 176 valence electrons. The zero-order valence-corrected chi connectivity index (χ0v) is 18.6. The van der Waals surface area contributed by atoms with E-state index in [1.54, 1.807) is 13.0 Å². The van der Waals surface area contributed by atoms with E-state index in [0.717, 1.165) is 18.6 Å². The summed E-state index contributed by atoms with van der Waals surface area (Å²) in [6.07, 6.45) is -0.303. The van der Waals surface area contributed by atoms with Gasteiger partial charge in [0, 0.05) is 29.6 Å². The van der Waals surface area contributed by atoms with Crippen LogP contribution in [-0.4, -0.2) is 34.6 Å². The summed E-state index contributed by atoms with van der Waals surface area (Å²) >= 11 is 0. The minimum atomic E-state index is -4.66. The Morgan fingerprint density at radius 1 is 0.941 bits per heavy atom. The van der Waals surface area contributed by atoms with Crippen molar-refractivity contribution >= 4 is 26.6 Å². The molecule has 4 aromatic rings. The van der Waals surface area contributed by atoms with Crippen LogP contribution in [0.1, 0.15) is 24.4 Å². The van der Waals surface area contributed by atoms with Crippen LogP contribution in [0.15, 0.2) is 60.0 Å². The van der Waals surface area contributed by atoms with Gasteiger partial charge in [-0.1, -0.05) is 12.1 Å². The van der Waals surface area contributed by atoms with E-state index < -0.39 is 33.7 Å². The molecule has 0 unspecified atom stereocenters. The second-order valence-electron chi connectivity index (χ2n) is 7.58. The number of rotatable bonds is 5. The van der Waals surface area contributed by atoms with Gasteiger partial charge in [0.25, 0.3) is 0 Å². The van der Waals surface area contributed by atoms with Crippen molar-refractivity contribution in [1.29, 1.82) is 0 Å². The van der Waals surface area contributed by atoms with Crippen LogP contribution in [0.5, 0.6) is 0 Å². The van der Waals surface area contributed by atoms with Crippen molar-refractivity contribution < 1.29 is 26.0 Å². The lowest BCUT2D eigenvalue weighted by Crippen LogP contribution is -2.14. The Morgan fingerprint density at radius 3 is 2.18 bits per heavy atom.